The summed E-state index contributed by atoms with van der Waals surface area (Å²) in [5, 5.41) is 10.5. The second-order valence-corrected chi connectivity index (χ2v) is 6.11. The molecule has 1 aliphatic rings. The highest BCUT2D eigenvalue weighted by molar-refractivity contribution is 5.32. The van der Waals surface area contributed by atoms with Gasteiger partial charge < -0.3 is 5.11 Å². The highest BCUT2D eigenvalue weighted by Gasteiger charge is 2.19. The molecule has 0 radical (unpaired) electrons. The van der Waals surface area contributed by atoms with Crippen molar-refractivity contribution in [3.63, 3.8) is 0 Å². The van der Waals surface area contributed by atoms with Crippen LogP contribution in [0.25, 0.3) is 0 Å². The first-order chi connectivity index (χ1) is 10.1. The van der Waals surface area contributed by atoms with Gasteiger partial charge in [-0.15, -0.1) is 0 Å². The van der Waals surface area contributed by atoms with Crippen molar-refractivity contribution in [2.75, 3.05) is 13.1 Å². The molecular weight excluding hydrogens is 258 g/mol. The van der Waals surface area contributed by atoms with Gasteiger partial charge in [0.1, 0.15) is 0 Å². The molecule has 110 valence electrons. The van der Waals surface area contributed by atoms with Crippen LogP contribution in [0.3, 0.4) is 0 Å². The molecule has 1 unspecified atom stereocenters. The molecule has 1 N–H and O–H groups in total. The molecule has 0 bridgehead atoms. The average Bonchev–Trinajstić information content (AvgIpc) is 2.50. The number of fused-ring (bicyclic) bond motifs is 1. The number of β-amino-alcohol motifs (C(OH)–C–C–N with tert-alkyl or cyclic N) is 1. The molecule has 0 amide bonds. The molecule has 1 aliphatic heterocycles. The topological polar surface area (TPSA) is 23.5 Å². The molecule has 0 saturated heterocycles. The van der Waals surface area contributed by atoms with Crippen LogP contribution in [0.15, 0.2) is 42.5 Å². The fourth-order valence-corrected chi connectivity index (χ4v) is 3.03. The van der Waals surface area contributed by atoms with E-state index in [1.807, 2.05) is 6.07 Å². The van der Waals surface area contributed by atoms with Gasteiger partial charge in [0.05, 0.1) is 6.10 Å². The fourth-order valence-electron chi connectivity index (χ4n) is 3.03. The van der Waals surface area contributed by atoms with E-state index in [2.05, 4.69) is 55.1 Å². The largest absolute Gasteiger partial charge is 0.387 e. The number of benzene rings is 2. The van der Waals surface area contributed by atoms with Crippen LogP contribution in [0.4, 0.5) is 0 Å². The minimum absolute atomic E-state index is 0.408. The molecule has 0 aromatic heterocycles. The zero-order chi connectivity index (χ0) is 14.8. The van der Waals surface area contributed by atoms with Crippen molar-refractivity contribution in [2.45, 2.75) is 32.9 Å². The molecule has 0 saturated carbocycles. The lowest BCUT2D eigenvalue weighted by atomic mass is 9.98. The standard InChI is InChI=1S/C19H23NO/c1-14-7-8-17(11-15(14)2)19(21)13-20-10-9-16-5-3-4-6-18(16)12-20/h3-8,11,19,21H,9-10,12-13H2,1-2H3. The number of hydrogen-bond acceptors (Lipinski definition) is 2. The van der Waals surface area contributed by atoms with E-state index in [4.69, 9.17) is 0 Å². The molecule has 3 rings (SSSR count). The number of aliphatic hydroxyl groups is 1. The van der Waals surface area contributed by atoms with Crippen molar-refractivity contribution < 1.29 is 5.11 Å². The van der Waals surface area contributed by atoms with Gasteiger partial charge in [0.25, 0.3) is 0 Å². The zero-order valence-electron chi connectivity index (χ0n) is 12.8. The second kappa shape index (κ2) is 6.00. The van der Waals surface area contributed by atoms with Crippen LogP contribution in [-0.4, -0.2) is 23.1 Å². The molecule has 1 heterocycles. The van der Waals surface area contributed by atoms with Crippen molar-refractivity contribution in [2.24, 2.45) is 0 Å². The minimum atomic E-state index is -0.408. The van der Waals surface area contributed by atoms with E-state index in [1.54, 1.807) is 0 Å². The van der Waals surface area contributed by atoms with Gasteiger partial charge in [-0.2, -0.15) is 0 Å². The number of hydrogen-bond donors (Lipinski definition) is 1. The third-order valence-electron chi connectivity index (χ3n) is 4.56. The normalized spacial score (nSPS) is 16.5. The van der Waals surface area contributed by atoms with Gasteiger partial charge in [-0.25, -0.2) is 0 Å². The molecule has 2 aromatic carbocycles. The maximum atomic E-state index is 10.5. The predicted octanol–water partition coefficient (Wildman–Crippen LogP) is 3.40. The average molecular weight is 281 g/mol. The molecule has 0 fully saturated rings. The first-order valence-electron chi connectivity index (χ1n) is 7.68. The quantitative estimate of drug-likeness (QED) is 0.932. The molecule has 2 aromatic rings. The van der Waals surface area contributed by atoms with E-state index in [1.165, 1.54) is 22.3 Å². The summed E-state index contributed by atoms with van der Waals surface area (Å²) in [6.45, 7) is 6.88. The van der Waals surface area contributed by atoms with Gasteiger partial charge in [-0.05, 0) is 48.1 Å². The third-order valence-corrected chi connectivity index (χ3v) is 4.56. The summed E-state index contributed by atoms with van der Waals surface area (Å²) in [5.41, 5.74) is 6.40. The highest BCUT2D eigenvalue weighted by atomic mass is 16.3. The van der Waals surface area contributed by atoms with Crippen molar-refractivity contribution in [1.82, 2.24) is 4.90 Å². The van der Waals surface area contributed by atoms with E-state index in [9.17, 15) is 5.11 Å². The number of nitrogens with zero attached hydrogens (tertiary/aromatic N) is 1. The molecule has 21 heavy (non-hydrogen) atoms. The van der Waals surface area contributed by atoms with Crippen LogP contribution in [0.1, 0.15) is 33.9 Å². The molecular formula is C19H23NO. The smallest absolute Gasteiger partial charge is 0.0917 e. The van der Waals surface area contributed by atoms with Gasteiger partial charge >= 0.3 is 0 Å². The Morgan fingerprint density at radius 1 is 1.05 bits per heavy atom. The van der Waals surface area contributed by atoms with Crippen LogP contribution in [-0.2, 0) is 13.0 Å². The van der Waals surface area contributed by atoms with Crippen LogP contribution in [0.5, 0.6) is 0 Å². The summed E-state index contributed by atoms with van der Waals surface area (Å²) in [6.07, 6.45) is 0.671. The molecule has 2 nitrogen and oxygen atoms in total. The van der Waals surface area contributed by atoms with Crippen LogP contribution >= 0.6 is 0 Å². The van der Waals surface area contributed by atoms with Gasteiger partial charge in [0.15, 0.2) is 0 Å². The summed E-state index contributed by atoms with van der Waals surface area (Å²) in [6, 6.07) is 14.9. The van der Waals surface area contributed by atoms with E-state index < -0.39 is 6.10 Å². The summed E-state index contributed by atoms with van der Waals surface area (Å²) in [7, 11) is 0. The van der Waals surface area contributed by atoms with E-state index in [0.717, 1.165) is 25.1 Å². The summed E-state index contributed by atoms with van der Waals surface area (Å²) < 4.78 is 0. The van der Waals surface area contributed by atoms with E-state index >= 15 is 0 Å². The lowest BCUT2D eigenvalue weighted by Gasteiger charge is -2.30. The van der Waals surface area contributed by atoms with Crippen LogP contribution in [0.2, 0.25) is 0 Å². The molecule has 1 atom stereocenters. The van der Waals surface area contributed by atoms with Crippen molar-refractivity contribution in [3.05, 3.63) is 70.3 Å². The number of aryl methyl sites for hydroxylation is 2. The van der Waals surface area contributed by atoms with Gasteiger partial charge in [-0.3, -0.25) is 4.90 Å². The molecule has 2 heteroatoms. The Hall–Kier alpha value is -1.64. The monoisotopic (exact) mass is 281 g/mol. The maximum Gasteiger partial charge on any atom is 0.0917 e. The third kappa shape index (κ3) is 3.17. The number of rotatable bonds is 3. The Morgan fingerprint density at radius 3 is 2.57 bits per heavy atom. The highest BCUT2D eigenvalue weighted by Crippen LogP contribution is 2.22. The second-order valence-electron chi connectivity index (χ2n) is 6.11. The maximum absolute atomic E-state index is 10.5. The summed E-state index contributed by atoms with van der Waals surface area (Å²) in [4.78, 5) is 2.35. The van der Waals surface area contributed by atoms with Crippen molar-refractivity contribution >= 4 is 0 Å². The van der Waals surface area contributed by atoms with E-state index in [0.29, 0.717) is 6.54 Å². The Kier molecular flexibility index (Phi) is 4.09. The Morgan fingerprint density at radius 2 is 1.81 bits per heavy atom. The van der Waals surface area contributed by atoms with Crippen molar-refractivity contribution in [3.8, 4) is 0 Å². The zero-order valence-corrected chi connectivity index (χ0v) is 12.8. The van der Waals surface area contributed by atoms with Crippen LogP contribution in [0, 0.1) is 13.8 Å². The molecule has 0 aliphatic carbocycles. The Balaban J connectivity index is 1.68. The first-order valence-corrected chi connectivity index (χ1v) is 7.68. The number of aliphatic hydroxyl groups excluding tert-OH is 1. The van der Waals surface area contributed by atoms with Gasteiger partial charge in [0, 0.05) is 19.6 Å². The summed E-state index contributed by atoms with van der Waals surface area (Å²) in [5.74, 6) is 0. The lowest BCUT2D eigenvalue weighted by Crippen LogP contribution is -2.34. The summed E-state index contributed by atoms with van der Waals surface area (Å²) >= 11 is 0. The Bertz CT molecular complexity index is 635. The predicted molar refractivity (Wildman–Crippen MR) is 86.3 cm³/mol. The fraction of sp³-hybridized carbons (Fsp3) is 0.368. The van der Waals surface area contributed by atoms with Crippen molar-refractivity contribution in [1.29, 1.82) is 0 Å². The molecule has 0 spiro atoms. The van der Waals surface area contributed by atoms with Gasteiger partial charge in [-0.1, -0.05) is 42.5 Å². The van der Waals surface area contributed by atoms with Gasteiger partial charge in [0.2, 0.25) is 0 Å². The first kappa shape index (κ1) is 14.3. The Labute approximate surface area is 127 Å². The van der Waals surface area contributed by atoms with E-state index in [-0.39, 0.29) is 0 Å². The lowest BCUT2D eigenvalue weighted by molar-refractivity contribution is 0.106. The minimum Gasteiger partial charge on any atom is -0.387 e. The van der Waals surface area contributed by atoms with Crippen LogP contribution < -0.4 is 0 Å². The SMILES string of the molecule is Cc1ccc(C(O)CN2CCc3ccccc3C2)cc1C.